The number of nitrogens with zero attached hydrogens (tertiary/aromatic N) is 1. The molecule has 1 aliphatic heterocycles. The zero-order valence-electron chi connectivity index (χ0n) is 8.39. The number of nitrogen functional groups attached to an aromatic ring is 1. The van der Waals surface area contributed by atoms with Gasteiger partial charge in [-0.15, -0.1) is 0 Å². The minimum absolute atomic E-state index is 0.217. The number of aryl methyl sites for hydroxylation is 1. The van der Waals surface area contributed by atoms with E-state index in [0.717, 1.165) is 18.8 Å². The van der Waals surface area contributed by atoms with Crippen molar-refractivity contribution in [2.24, 2.45) is 0 Å². The Kier molecular flexibility index (Phi) is 2.32. The van der Waals surface area contributed by atoms with Crippen LogP contribution in [-0.4, -0.2) is 13.1 Å². The van der Waals surface area contributed by atoms with Gasteiger partial charge < -0.3 is 10.6 Å². The van der Waals surface area contributed by atoms with E-state index in [4.69, 9.17) is 5.73 Å². The Morgan fingerprint density at radius 3 is 2.57 bits per heavy atom. The summed E-state index contributed by atoms with van der Waals surface area (Å²) in [6.07, 6.45) is 2.41. The summed E-state index contributed by atoms with van der Waals surface area (Å²) in [5, 5.41) is 0. The fraction of sp³-hybridized carbons (Fsp3) is 0.455. The molecule has 76 valence electrons. The van der Waals surface area contributed by atoms with Crippen molar-refractivity contribution in [1.29, 1.82) is 0 Å². The normalized spacial score (nSPS) is 16.3. The van der Waals surface area contributed by atoms with E-state index in [2.05, 4.69) is 4.90 Å². The summed E-state index contributed by atoms with van der Waals surface area (Å²) in [6, 6.07) is 3.26. The highest BCUT2D eigenvalue weighted by Crippen LogP contribution is 2.28. The van der Waals surface area contributed by atoms with Crippen LogP contribution in [-0.2, 0) is 0 Å². The molecule has 1 aromatic rings. The lowest BCUT2D eigenvalue weighted by Crippen LogP contribution is -2.19. The minimum Gasteiger partial charge on any atom is -0.397 e. The van der Waals surface area contributed by atoms with Crippen molar-refractivity contribution in [1.82, 2.24) is 0 Å². The van der Waals surface area contributed by atoms with E-state index >= 15 is 0 Å². The molecule has 2 rings (SSSR count). The second kappa shape index (κ2) is 3.48. The van der Waals surface area contributed by atoms with Gasteiger partial charge in [0.25, 0.3) is 0 Å². The molecule has 3 heteroatoms. The van der Waals surface area contributed by atoms with Crippen molar-refractivity contribution in [3.63, 3.8) is 0 Å². The highest BCUT2D eigenvalue weighted by Gasteiger charge is 2.15. The van der Waals surface area contributed by atoms with Gasteiger partial charge in [-0.05, 0) is 37.5 Å². The predicted octanol–water partition coefficient (Wildman–Crippen LogP) is 2.32. The minimum atomic E-state index is -0.217. The van der Waals surface area contributed by atoms with Crippen LogP contribution in [0.1, 0.15) is 18.4 Å². The summed E-state index contributed by atoms with van der Waals surface area (Å²) in [5.41, 5.74) is 7.99. The topological polar surface area (TPSA) is 29.3 Å². The zero-order chi connectivity index (χ0) is 10.1. The van der Waals surface area contributed by atoms with Crippen LogP contribution in [0.2, 0.25) is 0 Å². The van der Waals surface area contributed by atoms with Gasteiger partial charge in [-0.1, -0.05) is 0 Å². The van der Waals surface area contributed by atoms with E-state index in [-0.39, 0.29) is 5.82 Å². The number of hydrogen-bond donors (Lipinski definition) is 1. The van der Waals surface area contributed by atoms with E-state index in [1.807, 2.05) is 6.07 Å². The third kappa shape index (κ3) is 1.54. The van der Waals surface area contributed by atoms with Gasteiger partial charge in [0, 0.05) is 13.1 Å². The van der Waals surface area contributed by atoms with Gasteiger partial charge in [0.2, 0.25) is 0 Å². The van der Waals surface area contributed by atoms with Crippen molar-refractivity contribution < 1.29 is 4.39 Å². The Labute approximate surface area is 83.5 Å². The van der Waals surface area contributed by atoms with E-state index < -0.39 is 0 Å². The quantitative estimate of drug-likeness (QED) is 0.695. The lowest BCUT2D eigenvalue weighted by molar-refractivity contribution is 0.619. The first kappa shape index (κ1) is 9.31. The molecule has 2 nitrogen and oxygen atoms in total. The maximum Gasteiger partial charge on any atom is 0.128 e. The molecule has 0 radical (unpaired) electrons. The van der Waals surface area contributed by atoms with Crippen LogP contribution < -0.4 is 10.6 Å². The lowest BCUT2D eigenvalue weighted by Gasteiger charge is -2.20. The second-order valence-corrected chi connectivity index (χ2v) is 3.85. The van der Waals surface area contributed by atoms with Crippen molar-refractivity contribution in [3.8, 4) is 0 Å². The maximum atomic E-state index is 13.1. The second-order valence-electron chi connectivity index (χ2n) is 3.85. The molecule has 0 aromatic heterocycles. The molecule has 0 bridgehead atoms. The summed E-state index contributed by atoms with van der Waals surface area (Å²) in [5.74, 6) is -0.217. The number of rotatable bonds is 1. The molecule has 1 aromatic carbocycles. The smallest absolute Gasteiger partial charge is 0.128 e. The van der Waals surface area contributed by atoms with E-state index in [1.54, 1.807) is 6.92 Å². The molecule has 0 atom stereocenters. The number of nitrogens with two attached hydrogens (primary N) is 1. The van der Waals surface area contributed by atoms with Crippen LogP contribution >= 0.6 is 0 Å². The number of benzene rings is 1. The lowest BCUT2D eigenvalue weighted by atomic mass is 10.1. The number of anilines is 2. The van der Waals surface area contributed by atoms with Crippen molar-refractivity contribution in [2.45, 2.75) is 19.8 Å². The summed E-state index contributed by atoms with van der Waals surface area (Å²) >= 11 is 0. The molecule has 0 spiro atoms. The van der Waals surface area contributed by atoms with Gasteiger partial charge in [0.05, 0.1) is 11.4 Å². The van der Waals surface area contributed by atoms with Crippen molar-refractivity contribution in [3.05, 3.63) is 23.5 Å². The van der Waals surface area contributed by atoms with Gasteiger partial charge in [0.15, 0.2) is 0 Å². The van der Waals surface area contributed by atoms with Crippen LogP contribution in [0.25, 0.3) is 0 Å². The average Bonchev–Trinajstić information content (AvgIpc) is 2.64. The standard InChI is InChI=1S/C11H15FN2/c1-8-6-11(10(13)7-9(8)12)14-4-2-3-5-14/h6-7H,2-5,13H2,1H3. The monoisotopic (exact) mass is 194 g/mol. The third-order valence-corrected chi connectivity index (χ3v) is 2.75. The van der Waals surface area contributed by atoms with Crippen LogP contribution in [0.3, 0.4) is 0 Å². The Balaban J connectivity index is 2.37. The van der Waals surface area contributed by atoms with Crippen LogP contribution in [0.5, 0.6) is 0 Å². The molecule has 1 aliphatic rings. The molecule has 14 heavy (non-hydrogen) atoms. The largest absolute Gasteiger partial charge is 0.397 e. The summed E-state index contributed by atoms with van der Waals surface area (Å²) in [4.78, 5) is 2.22. The molecular weight excluding hydrogens is 179 g/mol. The average molecular weight is 194 g/mol. The molecule has 1 fully saturated rings. The highest BCUT2D eigenvalue weighted by atomic mass is 19.1. The number of hydrogen-bond acceptors (Lipinski definition) is 2. The van der Waals surface area contributed by atoms with Gasteiger partial charge in [-0.2, -0.15) is 0 Å². The first-order valence-electron chi connectivity index (χ1n) is 4.99. The van der Waals surface area contributed by atoms with E-state index in [9.17, 15) is 4.39 Å². The first-order valence-corrected chi connectivity index (χ1v) is 4.99. The third-order valence-electron chi connectivity index (χ3n) is 2.75. The van der Waals surface area contributed by atoms with E-state index in [1.165, 1.54) is 18.9 Å². The maximum absolute atomic E-state index is 13.1. The SMILES string of the molecule is Cc1cc(N2CCCC2)c(N)cc1F. The Morgan fingerprint density at radius 2 is 1.93 bits per heavy atom. The van der Waals surface area contributed by atoms with Crippen molar-refractivity contribution >= 4 is 11.4 Å². The summed E-state index contributed by atoms with van der Waals surface area (Å²) in [6.45, 7) is 3.85. The van der Waals surface area contributed by atoms with Gasteiger partial charge >= 0.3 is 0 Å². The predicted molar refractivity (Wildman–Crippen MR) is 57.0 cm³/mol. The van der Waals surface area contributed by atoms with Gasteiger partial charge in [-0.3, -0.25) is 0 Å². The summed E-state index contributed by atoms with van der Waals surface area (Å²) in [7, 11) is 0. The fourth-order valence-electron chi connectivity index (χ4n) is 1.91. The van der Waals surface area contributed by atoms with E-state index in [0.29, 0.717) is 11.3 Å². The molecular formula is C11H15FN2. The van der Waals surface area contributed by atoms with Gasteiger partial charge in [-0.25, -0.2) is 4.39 Å². The number of halogens is 1. The molecule has 0 amide bonds. The van der Waals surface area contributed by atoms with Gasteiger partial charge in [0.1, 0.15) is 5.82 Å². The molecule has 0 unspecified atom stereocenters. The molecule has 1 saturated heterocycles. The molecule has 0 aliphatic carbocycles. The highest BCUT2D eigenvalue weighted by molar-refractivity contribution is 5.69. The molecule has 0 saturated carbocycles. The van der Waals surface area contributed by atoms with Crippen LogP contribution in [0, 0.1) is 12.7 Å². The Hall–Kier alpha value is -1.25. The Morgan fingerprint density at radius 1 is 1.29 bits per heavy atom. The van der Waals surface area contributed by atoms with Crippen LogP contribution in [0.15, 0.2) is 12.1 Å². The van der Waals surface area contributed by atoms with Crippen LogP contribution in [0.4, 0.5) is 15.8 Å². The molecule has 1 heterocycles. The molecule has 2 N–H and O–H groups in total. The summed E-state index contributed by atoms with van der Waals surface area (Å²) < 4.78 is 13.1. The first-order chi connectivity index (χ1) is 6.68. The van der Waals surface area contributed by atoms with Crippen molar-refractivity contribution in [2.75, 3.05) is 23.7 Å². The fourth-order valence-corrected chi connectivity index (χ4v) is 1.91. The zero-order valence-corrected chi connectivity index (χ0v) is 8.39. The Bertz CT molecular complexity index is 343.